The van der Waals surface area contributed by atoms with Gasteiger partial charge in [-0.05, 0) is 31.5 Å². The molecule has 1 unspecified atom stereocenters. The third kappa shape index (κ3) is 3.62. The number of aryl methyl sites for hydroxylation is 1. The van der Waals surface area contributed by atoms with E-state index in [-0.39, 0.29) is 18.2 Å². The molecule has 1 atom stereocenters. The van der Waals surface area contributed by atoms with Crippen LogP contribution in [0.5, 0.6) is 0 Å². The van der Waals surface area contributed by atoms with E-state index < -0.39 is 11.9 Å². The first-order valence-corrected chi connectivity index (χ1v) is 7.02. The largest absolute Gasteiger partial charge is 0.481 e. The van der Waals surface area contributed by atoms with Gasteiger partial charge in [0.15, 0.2) is 5.76 Å². The van der Waals surface area contributed by atoms with Crippen molar-refractivity contribution in [2.75, 3.05) is 6.54 Å². The molecule has 21 heavy (non-hydrogen) atoms. The lowest BCUT2D eigenvalue weighted by Gasteiger charge is -2.11. The van der Waals surface area contributed by atoms with E-state index in [4.69, 9.17) is 9.52 Å². The Kier molecular flexibility index (Phi) is 4.62. The number of rotatable bonds is 6. The Bertz CT molecular complexity index is 659. The Balaban J connectivity index is 2.06. The summed E-state index contributed by atoms with van der Waals surface area (Å²) >= 11 is 0. The Morgan fingerprint density at radius 3 is 2.76 bits per heavy atom. The molecule has 0 saturated heterocycles. The van der Waals surface area contributed by atoms with Gasteiger partial charge in [0.2, 0.25) is 0 Å². The molecular weight excluding hydrogens is 270 g/mol. The van der Waals surface area contributed by atoms with Crippen molar-refractivity contribution < 1.29 is 19.1 Å². The van der Waals surface area contributed by atoms with Gasteiger partial charge in [0.05, 0.1) is 5.92 Å². The summed E-state index contributed by atoms with van der Waals surface area (Å²) < 4.78 is 5.48. The van der Waals surface area contributed by atoms with Crippen molar-refractivity contribution in [3.8, 4) is 0 Å². The number of fused-ring (bicyclic) bond motifs is 1. The number of hydrogen-bond acceptors (Lipinski definition) is 3. The normalized spacial score (nSPS) is 12.3. The van der Waals surface area contributed by atoms with Gasteiger partial charge in [-0.25, -0.2) is 0 Å². The summed E-state index contributed by atoms with van der Waals surface area (Å²) in [7, 11) is 0. The van der Waals surface area contributed by atoms with Crippen LogP contribution in [0.25, 0.3) is 11.0 Å². The van der Waals surface area contributed by atoms with E-state index in [1.807, 2.05) is 32.0 Å². The van der Waals surface area contributed by atoms with E-state index in [0.717, 1.165) is 17.4 Å². The number of carbonyl (C=O) groups is 2. The highest BCUT2D eigenvalue weighted by molar-refractivity contribution is 5.96. The maximum Gasteiger partial charge on any atom is 0.308 e. The fourth-order valence-electron chi connectivity index (χ4n) is 2.24. The summed E-state index contributed by atoms with van der Waals surface area (Å²) in [5.74, 6) is -1.63. The van der Waals surface area contributed by atoms with Gasteiger partial charge in [-0.3, -0.25) is 9.59 Å². The molecule has 1 aromatic heterocycles. The number of benzene rings is 1. The molecule has 2 aromatic rings. The van der Waals surface area contributed by atoms with Gasteiger partial charge < -0.3 is 14.8 Å². The molecule has 5 heteroatoms. The van der Waals surface area contributed by atoms with Crippen LogP contribution < -0.4 is 5.32 Å². The molecule has 0 aliphatic heterocycles. The maximum absolute atomic E-state index is 12.0. The molecule has 1 aromatic carbocycles. The average Bonchev–Trinajstić information content (AvgIpc) is 2.85. The number of aliphatic carboxylic acids is 1. The van der Waals surface area contributed by atoms with Gasteiger partial charge in [0.25, 0.3) is 5.91 Å². The Hall–Kier alpha value is -2.30. The van der Waals surface area contributed by atoms with Gasteiger partial charge >= 0.3 is 5.97 Å². The highest BCUT2D eigenvalue weighted by Crippen LogP contribution is 2.20. The fourth-order valence-corrected chi connectivity index (χ4v) is 2.24. The van der Waals surface area contributed by atoms with E-state index in [2.05, 4.69) is 5.32 Å². The van der Waals surface area contributed by atoms with E-state index in [1.165, 1.54) is 0 Å². The van der Waals surface area contributed by atoms with Crippen LogP contribution in [-0.2, 0) is 4.79 Å². The minimum absolute atomic E-state index is 0.109. The van der Waals surface area contributed by atoms with Crippen molar-refractivity contribution >= 4 is 22.8 Å². The third-order valence-corrected chi connectivity index (χ3v) is 3.39. The molecule has 1 amide bonds. The summed E-state index contributed by atoms with van der Waals surface area (Å²) in [6.45, 7) is 3.99. The summed E-state index contributed by atoms with van der Waals surface area (Å²) in [5, 5.41) is 12.5. The highest BCUT2D eigenvalue weighted by Gasteiger charge is 2.19. The second-order valence-corrected chi connectivity index (χ2v) is 5.19. The van der Waals surface area contributed by atoms with Crippen LogP contribution >= 0.6 is 0 Å². The van der Waals surface area contributed by atoms with Gasteiger partial charge in [-0.1, -0.05) is 25.0 Å². The van der Waals surface area contributed by atoms with Crippen molar-refractivity contribution in [1.29, 1.82) is 0 Å². The second kappa shape index (κ2) is 6.43. The van der Waals surface area contributed by atoms with Crippen LogP contribution in [0, 0.1) is 12.8 Å². The van der Waals surface area contributed by atoms with Gasteiger partial charge in [0, 0.05) is 11.9 Å². The van der Waals surface area contributed by atoms with E-state index in [9.17, 15) is 9.59 Å². The van der Waals surface area contributed by atoms with E-state index in [1.54, 1.807) is 6.07 Å². The zero-order valence-corrected chi connectivity index (χ0v) is 12.2. The number of carboxylic acids is 1. The maximum atomic E-state index is 12.0. The minimum Gasteiger partial charge on any atom is -0.481 e. The Labute approximate surface area is 122 Å². The van der Waals surface area contributed by atoms with Crippen LogP contribution in [0.1, 0.15) is 35.9 Å². The standard InChI is InChI=1S/C16H19NO4/c1-3-4-11(16(19)20)9-17-15(18)14-8-12-7-10(2)5-6-13(12)21-14/h5-8,11H,3-4,9H2,1-2H3,(H,17,18)(H,19,20). The third-order valence-electron chi connectivity index (χ3n) is 3.39. The first-order chi connectivity index (χ1) is 10.0. The molecule has 0 aliphatic rings. The van der Waals surface area contributed by atoms with Gasteiger partial charge in [0.1, 0.15) is 5.58 Å². The lowest BCUT2D eigenvalue weighted by molar-refractivity contribution is -0.141. The number of carboxylic acid groups (broad SMARTS) is 1. The zero-order valence-electron chi connectivity index (χ0n) is 12.2. The average molecular weight is 289 g/mol. The monoisotopic (exact) mass is 289 g/mol. The van der Waals surface area contributed by atoms with E-state index >= 15 is 0 Å². The number of amides is 1. The Morgan fingerprint density at radius 1 is 1.33 bits per heavy atom. The zero-order chi connectivity index (χ0) is 15.4. The Morgan fingerprint density at radius 2 is 2.10 bits per heavy atom. The summed E-state index contributed by atoms with van der Waals surface area (Å²) in [4.78, 5) is 23.1. The van der Waals surface area contributed by atoms with Gasteiger partial charge in [-0.2, -0.15) is 0 Å². The van der Waals surface area contributed by atoms with Crippen LogP contribution in [-0.4, -0.2) is 23.5 Å². The van der Waals surface area contributed by atoms with E-state index in [0.29, 0.717) is 12.0 Å². The fraction of sp³-hybridized carbons (Fsp3) is 0.375. The smallest absolute Gasteiger partial charge is 0.308 e. The highest BCUT2D eigenvalue weighted by atomic mass is 16.4. The molecule has 0 bridgehead atoms. The molecule has 0 spiro atoms. The molecule has 1 heterocycles. The molecule has 112 valence electrons. The molecule has 0 saturated carbocycles. The summed E-state index contributed by atoms with van der Waals surface area (Å²) in [5.41, 5.74) is 1.73. The molecule has 0 radical (unpaired) electrons. The van der Waals surface area contributed by atoms with Crippen LogP contribution in [0.15, 0.2) is 28.7 Å². The molecule has 2 N–H and O–H groups in total. The number of nitrogens with one attached hydrogen (secondary N) is 1. The number of hydrogen-bond donors (Lipinski definition) is 2. The van der Waals surface area contributed by atoms with Crippen molar-refractivity contribution in [2.45, 2.75) is 26.7 Å². The molecule has 0 aliphatic carbocycles. The minimum atomic E-state index is -0.891. The molecular formula is C16H19NO4. The number of carbonyl (C=O) groups excluding carboxylic acids is 1. The molecule has 0 fully saturated rings. The van der Waals surface area contributed by atoms with Crippen LogP contribution in [0.4, 0.5) is 0 Å². The summed E-state index contributed by atoms with van der Waals surface area (Å²) in [6, 6.07) is 7.34. The van der Waals surface area contributed by atoms with Crippen LogP contribution in [0.2, 0.25) is 0 Å². The quantitative estimate of drug-likeness (QED) is 0.856. The predicted molar refractivity (Wildman–Crippen MR) is 79.3 cm³/mol. The van der Waals surface area contributed by atoms with Gasteiger partial charge in [-0.15, -0.1) is 0 Å². The SMILES string of the molecule is CCCC(CNC(=O)c1cc2cc(C)ccc2o1)C(=O)O. The first-order valence-electron chi connectivity index (χ1n) is 7.02. The number of furan rings is 1. The lowest BCUT2D eigenvalue weighted by Crippen LogP contribution is -2.32. The van der Waals surface area contributed by atoms with Crippen LogP contribution in [0.3, 0.4) is 0 Å². The molecule has 2 rings (SSSR count). The first kappa shape index (κ1) is 15.1. The second-order valence-electron chi connectivity index (χ2n) is 5.19. The topological polar surface area (TPSA) is 79.5 Å². The van der Waals surface area contributed by atoms with Crippen molar-refractivity contribution in [3.05, 3.63) is 35.6 Å². The molecule has 5 nitrogen and oxygen atoms in total. The summed E-state index contributed by atoms with van der Waals surface area (Å²) in [6.07, 6.45) is 1.30. The predicted octanol–water partition coefficient (Wildman–Crippen LogP) is 2.97. The lowest BCUT2D eigenvalue weighted by atomic mass is 10.0. The van der Waals surface area contributed by atoms with Crippen molar-refractivity contribution in [3.63, 3.8) is 0 Å². The van der Waals surface area contributed by atoms with Crippen molar-refractivity contribution in [2.24, 2.45) is 5.92 Å². The van der Waals surface area contributed by atoms with Crippen molar-refractivity contribution in [1.82, 2.24) is 5.32 Å².